The van der Waals surface area contributed by atoms with E-state index in [0.29, 0.717) is 27.7 Å². The summed E-state index contributed by atoms with van der Waals surface area (Å²) in [5.74, 6) is -1.14. The van der Waals surface area contributed by atoms with Crippen molar-refractivity contribution in [1.82, 2.24) is 10.3 Å². The van der Waals surface area contributed by atoms with Gasteiger partial charge in [-0.3, -0.25) is 4.79 Å². The van der Waals surface area contributed by atoms with Gasteiger partial charge in [0.25, 0.3) is 5.91 Å². The topological polar surface area (TPSA) is 44.9 Å². The maximum atomic E-state index is 13.7. The van der Waals surface area contributed by atoms with Crippen LogP contribution in [0.5, 0.6) is 0 Å². The molecule has 0 bridgehead atoms. The summed E-state index contributed by atoms with van der Waals surface area (Å²) in [7, 11) is 0. The highest BCUT2D eigenvalue weighted by Gasteiger charge is 2.17. The van der Waals surface area contributed by atoms with Crippen molar-refractivity contribution in [2.45, 2.75) is 13.5 Å². The Balaban J connectivity index is 1.88. The SMILES string of the molecule is Cc1[nH]c2c(F)cccc2c1C(=O)NCc1ccccc1F. The number of aromatic amines is 1. The zero-order chi connectivity index (χ0) is 15.7. The Kier molecular flexibility index (Phi) is 3.63. The van der Waals surface area contributed by atoms with Crippen molar-refractivity contribution in [3.05, 3.63) is 70.9 Å². The third kappa shape index (κ3) is 2.45. The first-order valence-corrected chi connectivity index (χ1v) is 6.86. The lowest BCUT2D eigenvalue weighted by Crippen LogP contribution is -2.23. The molecule has 0 radical (unpaired) electrons. The number of aromatic nitrogens is 1. The van der Waals surface area contributed by atoms with Crippen LogP contribution in [0.25, 0.3) is 10.9 Å². The summed E-state index contributed by atoms with van der Waals surface area (Å²) in [5, 5.41) is 3.19. The van der Waals surface area contributed by atoms with Crippen molar-refractivity contribution in [3.63, 3.8) is 0 Å². The fourth-order valence-electron chi connectivity index (χ4n) is 2.51. The average Bonchev–Trinajstić information content (AvgIpc) is 2.84. The Morgan fingerprint density at radius 1 is 1.09 bits per heavy atom. The van der Waals surface area contributed by atoms with Crippen LogP contribution in [0, 0.1) is 18.6 Å². The second-order valence-corrected chi connectivity index (χ2v) is 5.06. The molecule has 0 saturated heterocycles. The lowest BCUT2D eigenvalue weighted by atomic mass is 10.1. The van der Waals surface area contributed by atoms with Gasteiger partial charge in [-0.15, -0.1) is 0 Å². The van der Waals surface area contributed by atoms with Gasteiger partial charge in [-0.2, -0.15) is 0 Å². The first kappa shape index (κ1) is 14.3. The molecule has 0 saturated carbocycles. The van der Waals surface area contributed by atoms with Crippen molar-refractivity contribution in [3.8, 4) is 0 Å². The number of aryl methyl sites for hydroxylation is 1. The van der Waals surface area contributed by atoms with Crippen molar-refractivity contribution in [2.24, 2.45) is 0 Å². The molecular weight excluding hydrogens is 286 g/mol. The summed E-state index contributed by atoms with van der Waals surface area (Å²) in [5.41, 5.74) is 1.66. The van der Waals surface area contributed by atoms with Gasteiger partial charge in [0.2, 0.25) is 0 Å². The van der Waals surface area contributed by atoms with E-state index in [2.05, 4.69) is 10.3 Å². The molecule has 0 aliphatic heterocycles. The summed E-state index contributed by atoms with van der Waals surface area (Å²) in [4.78, 5) is 15.2. The number of nitrogens with one attached hydrogen (secondary N) is 2. The molecule has 3 aromatic rings. The Morgan fingerprint density at radius 3 is 2.59 bits per heavy atom. The number of benzene rings is 2. The van der Waals surface area contributed by atoms with Gasteiger partial charge in [0.05, 0.1) is 11.1 Å². The maximum absolute atomic E-state index is 13.7. The molecule has 3 rings (SSSR count). The van der Waals surface area contributed by atoms with Crippen LogP contribution in [0.15, 0.2) is 42.5 Å². The van der Waals surface area contributed by atoms with Gasteiger partial charge in [0, 0.05) is 23.2 Å². The monoisotopic (exact) mass is 300 g/mol. The number of amides is 1. The number of hydrogen-bond donors (Lipinski definition) is 2. The van der Waals surface area contributed by atoms with Crippen LogP contribution < -0.4 is 5.32 Å². The highest BCUT2D eigenvalue weighted by atomic mass is 19.1. The minimum Gasteiger partial charge on any atom is -0.356 e. The molecule has 0 fully saturated rings. The summed E-state index contributed by atoms with van der Waals surface area (Å²) in [6.07, 6.45) is 0. The van der Waals surface area contributed by atoms with Crippen molar-refractivity contribution in [1.29, 1.82) is 0 Å². The quantitative estimate of drug-likeness (QED) is 0.761. The van der Waals surface area contributed by atoms with Crippen LogP contribution in [-0.4, -0.2) is 10.9 Å². The normalized spacial score (nSPS) is 10.9. The Labute approximate surface area is 126 Å². The first-order chi connectivity index (χ1) is 10.6. The van der Waals surface area contributed by atoms with Gasteiger partial charge in [-0.25, -0.2) is 8.78 Å². The zero-order valence-corrected chi connectivity index (χ0v) is 11.9. The average molecular weight is 300 g/mol. The molecule has 2 aromatic carbocycles. The molecule has 2 N–H and O–H groups in total. The molecule has 1 amide bonds. The summed E-state index contributed by atoms with van der Waals surface area (Å²) >= 11 is 0. The Hall–Kier alpha value is -2.69. The highest BCUT2D eigenvalue weighted by Crippen LogP contribution is 2.24. The number of halogens is 2. The smallest absolute Gasteiger partial charge is 0.253 e. The number of carbonyl (C=O) groups excluding carboxylic acids is 1. The second kappa shape index (κ2) is 5.60. The van der Waals surface area contributed by atoms with Crippen molar-refractivity contribution >= 4 is 16.8 Å². The number of para-hydroxylation sites is 1. The van der Waals surface area contributed by atoms with Gasteiger partial charge in [-0.1, -0.05) is 30.3 Å². The third-order valence-corrected chi connectivity index (χ3v) is 3.59. The fraction of sp³-hybridized carbons (Fsp3) is 0.118. The molecule has 0 atom stereocenters. The molecule has 0 aliphatic carbocycles. The van der Waals surface area contributed by atoms with Gasteiger partial charge in [-0.05, 0) is 19.1 Å². The third-order valence-electron chi connectivity index (χ3n) is 3.59. The summed E-state index contributed by atoms with van der Waals surface area (Å²) < 4.78 is 27.3. The molecule has 5 heteroatoms. The molecule has 1 heterocycles. The minimum atomic E-state index is -0.409. The number of hydrogen-bond acceptors (Lipinski definition) is 1. The molecule has 0 spiro atoms. The lowest BCUT2D eigenvalue weighted by Gasteiger charge is -2.06. The molecule has 0 aliphatic rings. The molecule has 0 unspecified atom stereocenters. The largest absolute Gasteiger partial charge is 0.356 e. The van der Waals surface area contributed by atoms with E-state index in [0.717, 1.165) is 0 Å². The van der Waals surface area contributed by atoms with Gasteiger partial charge in [0.1, 0.15) is 11.6 Å². The van der Waals surface area contributed by atoms with Gasteiger partial charge >= 0.3 is 0 Å². The van der Waals surface area contributed by atoms with E-state index in [9.17, 15) is 13.6 Å². The Morgan fingerprint density at radius 2 is 1.82 bits per heavy atom. The van der Waals surface area contributed by atoms with E-state index < -0.39 is 5.82 Å². The van der Waals surface area contributed by atoms with Crippen LogP contribution in [-0.2, 0) is 6.54 Å². The Bertz CT molecular complexity index is 855. The summed E-state index contributed by atoms with van der Waals surface area (Å²) in [6.45, 7) is 1.78. The lowest BCUT2D eigenvalue weighted by molar-refractivity contribution is 0.0951. The second-order valence-electron chi connectivity index (χ2n) is 5.06. The van der Waals surface area contributed by atoms with Gasteiger partial charge in [0.15, 0.2) is 0 Å². The highest BCUT2D eigenvalue weighted by molar-refractivity contribution is 6.08. The predicted octanol–water partition coefficient (Wildman–Crippen LogP) is 3.68. The maximum Gasteiger partial charge on any atom is 0.253 e. The molecular formula is C17H14F2N2O. The van der Waals surface area contributed by atoms with E-state index in [-0.39, 0.29) is 18.3 Å². The fourth-order valence-corrected chi connectivity index (χ4v) is 2.51. The number of carbonyl (C=O) groups is 1. The van der Waals surface area contributed by atoms with Crippen molar-refractivity contribution in [2.75, 3.05) is 0 Å². The van der Waals surface area contributed by atoms with Crippen LogP contribution in [0.1, 0.15) is 21.6 Å². The van der Waals surface area contributed by atoms with E-state index in [1.807, 2.05) is 0 Å². The van der Waals surface area contributed by atoms with E-state index in [4.69, 9.17) is 0 Å². The van der Waals surface area contributed by atoms with Crippen LogP contribution >= 0.6 is 0 Å². The number of H-pyrrole nitrogens is 1. The molecule has 1 aromatic heterocycles. The number of fused-ring (bicyclic) bond motifs is 1. The van der Waals surface area contributed by atoms with Crippen LogP contribution in [0.4, 0.5) is 8.78 Å². The van der Waals surface area contributed by atoms with Crippen LogP contribution in [0.2, 0.25) is 0 Å². The number of rotatable bonds is 3. The predicted molar refractivity (Wildman–Crippen MR) is 80.6 cm³/mol. The van der Waals surface area contributed by atoms with Crippen molar-refractivity contribution < 1.29 is 13.6 Å². The summed E-state index contributed by atoms with van der Waals surface area (Å²) in [6, 6.07) is 10.8. The van der Waals surface area contributed by atoms with E-state index in [1.165, 1.54) is 12.1 Å². The molecule has 3 nitrogen and oxygen atoms in total. The van der Waals surface area contributed by atoms with Gasteiger partial charge < -0.3 is 10.3 Å². The standard InChI is InChI=1S/C17H14F2N2O/c1-10-15(12-6-4-8-14(19)16(12)21-10)17(22)20-9-11-5-2-3-7-13(11)18/h2-8,21H,9H2,1H3,(H,20,22). The first-order valence-electron chi connectivity index (χ1n) is 6.86. The molecule has 22 heavy (non-hydrogen) atoms. The molecule has 112 valence electrons. The minimum absolute atomic E-state index is 0.0763. The van der Waals surface area contributed by atoms with E-state index >= 15 is 0 Å². The van der Waals surface area contributed by atoms with Crippen LogP contribution in [0.3, 0.4) is 0 Å². The zero-order valence-electron chi connectivity index (χ0n) is 11.9. The van der Waals surface area contributed by atoms with E-state index in [1.54, 1.807) is 37.3 Å².